The SMILES string of the molecule is CC(=O)Nc1ccc(COCCCC(c2ccccc2)(c2ccccc2)c2ccccc2)cc1. The van der Waals surface area contributed by atoms with Gasteiger partial charge in [0.05, 0.1) is 6.61 Å². The summed E-state index contributed by atoms with van der Waals surface area (Å²) in [4.78, 5) is 11.2. The molecule has 0 aliphatic heterocycles. The van der Waals surface area contributed by atoms with E-state index in [1.165, 1.54) is 23.6 Å². The maximum Gasteiger partial charge on any atom is 0.221 e. The lowest BCUT2D eigenvalue weighted by Gasteiger charge is -2.36. The summed E-state index contributed by atoms with van der Waals surface area (Å²) in [7, 11) is 0. The minimum atomic E-state index is -0.243. The van der Waals surface area contributed by atoms with Crippen molar-refractivity contribution in [1.29, 1.82) is 0 Å². The van der Waals surface area contributed by atoms with Gasteiger partial charge < -0.3 is 10.1 Å². The molecule has 0 saturated heterocycles. The summed E-state index contributed by atoms with van der Waals surface area (Å²) in [5, 5.41) is 2.79. The summed E-state index contributed by atoms with van der Waals surface area (Å²) in [5.74, 6) is -0.0669. The van der Waals surface area contributed by atoms with Crippen LogP contribution in [-0.2, 0) is 21.6 Å². The standard InChI is InChI=1S/C31H31NO2/c1-25(33)32-30-20-18-26(19-21-30)24-34-23-11-22-31(27-12-5-2-6-13-27,28-14-7-3-8-15-28)29-16-9-4-10-17-29/h2-10,12-21H,11,22-24H2,1H3,(H,32,33). The number of ether oxygens (including phenoxy) is 1. The largest absolute Gasteiger partial charge is 0.377 e. The molecular weight excluding hydrogens is 418 g/mol. The number of hydrogen-bond donors (Lipinski definition) is 1. The predicted octanol–water partition coefficient (Wildman–Crippen LogP) is 6.98. The van der Waals surface area contributed by atoms with E-state index in [9.17, 15) is 4.79 Å². The third-order valence-corrected chi connectivity index (χ3v) is 6.18. The third kappa shape index (κ3) is 5.62. The Bertz CT molecular complexity index is 1060. The number of benzene rings is 4. The molecule has 34 heavy (non-hydrogen) atoms. The molecule has 4 aromatic carbocycles. The molecular formula is C31H31NO2. The molecule has 0 aromatic heterocycles. The molecule has 0 saturated carbocycles. The van der Waals surface area contributed by atoms with Gasteiger partial charge in [0.1, 0.15) is 0 Å². The highest BCUT2D eigenvalue weighted by atomic mass is 16.5. The van der Waals surface area contributed by atoms with E-state index in [0.29, 0.717) is 13.2 Å². The van der Waals surface area contributed by atoms with Gasteiger partial charge in [0, 0.05) is 24.6 Å². The van der Waals surface area contributed by atoms with Crippen LogP contribution in [0.25, 0.3) is 0 Å². The molecule has 0 radical (unpaired) electrons. The molecule has 3 heteroatoms. The molecule has 3 nitrogen and oxygen atoms in total. The fourth-order valence-electron chi connectivity index (χ4n) is 4.62. The third-order valence-electron chi connectivity index (χ3n) is 6.18. The van der Waals surface area contributed by atoms with E-state index < -0.39 is 0 Å². The summed E-state index contributed by atoms with van der Waals surface area (Å²) >= 11 is 0. The molecule has 0 atom stereocenters. The summed E-state index contributed by atoms with van der Waals surface area (Å²) in [6, 6.07) is 40.2. The fourth-order valence-corrected chi connectivity index (χ4v) is 4.62. The highest BCUT2D eigenvalue weighted by Crippen LogP contribution is 2.42. The number of carbonyl (C=O) groups is 1. The molecule has 0 aliphatic rings. The van der Waals surface area contributed by atoms with Crippen LogP contribution in [0.5, 0.6) is 0 Å². The lowest BCUT2D eigenvalue weighted by Crippen LogP contribution is -2.30. The van der Waals surface area contributed by atoms with Gasteiger partial charge >= 0.3 is 0 Å². The van der Waals surface area contributed by atoms with Crippen LogP contribution in [-0.4, -0.2) is 12.5 Å². The summed E-state index contributed by atoms with van der Waals surface area (Å²) < 4.78 is 6.06. The van der Waals surface area contributed by atoms with Crippen LogP contribution in [0, 0.1) is 0 Å². The van der Waals surface area contributed by atoms with Crippen molar-refractivity contribution in [2.24, 2.45) is 0 Å². The van der Waals surface area contributed by atoms with Crippen LogP contribution >= 0.6 is 0 Å². The number of amides is 1. The first-order valence-corrected chi connectivity index (χ1v) is 11.8. The summed E-state index contributed by atoms with van der Waals surface area (Å²) in [5.41, 5.74) is 5.53. The summed E-state index contributed by atoms with van der Waals surface area (Å²) in [6.07, 6.45) is 1.86. The van der Waals surface area contributed by atoms with E-state index >= 15 is 0 Å². The average Bonchev–Trinajstić information content (AvgIpc) is 2.88. The minimum absolute atomic E-state index is 0.0669. The molecule has 0 heterocycles. The number of hydrogen-bond acceptors (Lipinski definition) is 2. The van der Waals surface area contributed by atoms with Crippen molar-refractivity contribution in [3.8, 4) is 0 Å². The van der Waals surface area contributed by atoms with Crippen LogP contribution in [0.3, 0.4) is 0 Å². The molecule has 0 aliphatic carbocycles. The Kier molecular flexibility index (Phi) is 7.90. The van der Waals surface area contributed by atoms with Gasteiger partial charge in [-0.2, -0.15) is 0 Å². The van der Waals surface area contributed by atoms with Crippen molar-refractivity contribution in [2.45, 2.75) is 31.8 Å². The molecule has 1 amide bonds. The maximum absolute atomic E-state index is 11.2. The lowest BCUT2D eigenvalue weighted by atomic mass is 9.67. The van der Waals surface area contributed by atoms with Crippen molar-refractivity contribution in [3.05, 3.63) is 138 Å². The molecule has 0 bridgehead atoms. The molecule has 0 fully saturated rings. The van der Waals surface area contributed by atoms with Crippen molar-refractivity contribution in [1.82, 2.24) is 0 Å². The zero-order valence-electron chi connectivity index (χ0n) is 19.6. The highest BCUT2D eigenvalue weighted by molar-refractivity contribution is 5.88. The monoisotopic (exact) mass is 449 g/mol. The first-order chi connectivity index (χ1) is 16.7. The van der Waals surface area contributed by atoms with Crippen molar-refractivity contribution < 1.29 is 9.53 Å². The second-order valence-corrected chi connectivity index (χ2v) is 8.54. The van der Waals surface area contributed by atoms with E-state index in [1.54, 1.807) is 0 Å². The van der Waals surface area contributed by atoms with Crippen LogP contribution in [0.2, 0.25) is 0 Å². The molecule has 0 unspecified atom stereocenters. The zero-order valence-corrected chi connectivity index (χ0v) is 19.6. The smallest absolute Gasteiger partial charge is 0.221 e. The Labute approximate surface area is 202 Å². The van der Waals surface area contributed by atoms with E-state index in [2.05, 4.69) is 96.3 Å². The van der Waals surface area contributed by atoms with Gasteiger partial charge in [-0.1, -0.05) is 103 Å². The van der Waals surface area contributed by atoms with Crippen molar-refractivity contribution in [3.63, 3.8) is 0 Å². The Balaban J connectivity index is 1.50. The van der Waals surface area contributed by atoms with Crippen LogP contribution in [0.15, 0.2) is 115 Å². The fraction of sp³-hybridized carbons (Fsp3) is 0.194. The number of nitrogens with one attached hydrogen (secondary N) is 1. The van der Waals surface area contributed by atoms with Gasteiger partial charge in [0.2, 0.25) is 5.91 Å². The molecule has 0 spiro atoms. The first-order valence-electron chi connectivity index (χ1n) is 11.8. The van der Waals surface area contributed by atoms with Crippen molar-refractivity contribution in [2.75, 3.05) is 11.9 Å². The quantitative estimate of drug-likeness (QED) is 0.210. The van der Waals surface area contributed by atoms with Gasteiger partial charge in [-0.25, -0.2) is 0 Å². The van der Waals surface area contributed by atoms with Gasteiger partial charge in [-0.05, 0) is 47.2 Å². The second-order valence-electron chi connectivity index (χ2n) is 8.54. The van der Waals surface area contributed by atoms with Gasteiger partial charge in [-0.15, -0.1) is 0 Å². The highest BCUT2D eigenvalue weighted by Gasteiger charge is 2.35. The summed E-state index contributed by atoms with van der Waals surface area (Å²) in [6.45, 7) is 2.73. The second kappa shape index (κ2) is 11.4. The number of anilines is 1. The van der Waals surface area contributed by atoms with Gasteiger partial charge in [0.25, 0.3) is 0 Å². The molecule has 4 aromatic rings. The Morgan fingerprint density at radius 1 is 0.706 bits per heavy atom. The maximum atomic E-state index is 11.2. The van der Waals surface area contributed by atoms with Gasteiger partial charge in [0.15, 0.2) is 0 Å². The average molecular weight is 450 g/mol. The topological polar surface area (TPSA) is 38.3 Å². The Morgan fingerprint density at radius 3 is 1.62 bits per heavy atom. The van der Waals surface area contributed by atoms with Crippen LogP contribution < -0.4 is 5.32 Å². The minimum Gasteiger partial charge on any atom is -0.377 e. The molecule has 1 N–H and O–H groups in total. The normalized spacial score (nSPS) is 11.2. The Hall–Kier alpha value is -3.69. The van der Waals surface area contributed by atoms with E-state index in [1.807, 2.05) is 24.3 Å². The zero-order chi connectivity index (χ0) is 23.6. The van der Waals surface area contributed by atoms with E-state index in [-0.39, 0.29) is 11.3 Å². The number of carbonyl (C=O) groups excluding carboxylic acids is 1. The van der Waals surface area contributed by atoms with Crippen LogP contribution in [0.4, 0.5) is 5.69 Å². The van der Waals surface area contributed by atoms with Gasteiger partial charge in [-0.3, -0.25) is 4.79 Å². The van der Waals surface area contributed by atoms with Crippen molar-refractivity contribution >= 4 is 11.6 Å². The Morgan fingerprint density at radius 2 is 1.18 bits per heavy atom. The first kappa shape index (κ1) is 23.5. The predicted molar refractivity (Wildman–Crippen MR) is 139 cm³/mol. The van der Waals surface area contributed by atoms with E-state index in [4.69, 9.17) is 4.74 Å². The number of rotatable bonds is 10. The lowest BCUT2D eigenvalue weighted by molar-refractivity contribution is -0.114. The van der Waals surface area contributed by atoms with E-state index in [0.717, 1.165) is 24.1 Å². The molecule has 4 rings (SSSR count). The van der Waals surface area contributed by atoms with Crippen LogP contribution in [0.1, 0.15) is 42.0 Å². The molecule has 172 valence electrons.